The summed E-state index contributed by atoms with van der Waals surface area (Å²) in [5.41, 5.74) is 17.9. The number of benzene rings is 9. The molecule has 13 rings (SSSR count). The summed E-state index contributed by atoms with van der Waals surface area (Å²) in [6.07, 6.45) is 2.07. The molecule has 1 aliphatic rings. The van der Waals surface area contributed by atoms with Crippen molar-refractivity contribution in [1.29, 1.82) is 0 Å². The quantitative estimate of drug-likeness (QED) is 0.176. The van der Waals surface area contributed by atoms with E-state index in [1.165, 1.54) is 93.2 Å². The second kappa shape index (κ2) is 11.9. The van der Waals surface area contributed by atoms with Gasteiger partial charge in [0.1, 0.15) is 0 Å². The van der Waals surface area contributed by atoms with E-state index in [0.717, 1.165) is 28.0 Å². The van der Waals surface area contributed by atoms with Crippen LogP contribution in [0.5, 0.6) is 0 Å². The highest BCUT2D eigenvalue weighted by Gasteiger charge is 2.25. The minimum absolute atomic E-state index is 1.04. The van der Waals surface area contributed by atoms with Crippen LogP contribution in [0, 0.1) is 0 Å². The number of rotatable bonds is 4. The predicted octanol–water partition coefficient (Wildman–Crippen LogP) is 14.6. The summed E-state index contributed by atoms with van der Waals surface area (Å²) in [7, 11) is 0. The Morgan fingerprint density at radius 2 is 0.931 bits per heavy atom. The summed E-state index contributed by atoms with van der Waals surface area (Å²) < 4.78 is 4.86. The number of aromatic nitrogens is 3. The van der Waals surface area contributed by atoms with E-state index in [0.29, 0.717) is 0 Å². The monoisotopic (exact) mass is 735 g/mol. The molecule has 0 bridgehead atoms. The van der Waals surface area contributed by atoms with Gasteiger partial charge in [-0.2, -0.15) is 0 Å². The van der Waals surface area contributed by atoms with E-state index in [-0.39, 0.29) is 0 Å². The zero-order valence-electron chi connectivity index (χ0n) is 31.4. The van der Waals surface area contributed by atoms with Gasteiger partial charge in [0.15, 0.2) is 0 Å². The number of hydrogen-bond acceptors (Lipinski definition) is 1. The van der Waals surface area contributed by atoms with Crippen LogP contribution >= 0.6 is 0 Å². The van der Waals surface area contributed by atoms with E-state index in [9.17, 15) is 0 Å². The van der Waals surface area contributed by atoms with E-state index in [4.69, 9.17) is 4.98 Å². The van der Waals surface area contributed by atoms with Crippen molar-refractivity contribution in [2.45, 2.75) is 0 Å². The van der Waals surface area contributed by atoms with Crippen LogP contribution in [0.4, 0.5) is 0 Å². The molecule has 9 aromatic carbocycles. The van der Waals surface area contributed by atoms with Crippen LogP contribution in [-0.2, 0) is 0 Å². The van der Waals surface area contributed by atoms with Gasteiger partial charge in [-0.25, -0.2) is 0 Å². The first kappa shape index (κ1) is 31.5. The van der Waals surface area contributed by atoms with Crippen molar-refractivity contribution in [3.8, 4) is 55.9 Å². The number of para-hydroxylation sites is 3. The molecule has 3 heteroatoms. The Morgan fingerprint density at radius 1 is 0.310 bits per heavy atom. The molecular weight excluding hydrogens is 703 g/mol. The molecular formula is C55H33N3. The third-order valence-corrected chi connectivity index (χ3v) is 12.5. The minimum Gasteiger partial charge on any atom is -0.309 e. The van der Waals surface area contributed by atoms with E-state index < -0.39 is 0 Å². The molecule has 0 spiro atoms. The van der Waals surface area contributed by atoms with Crippen molar-refractivity contribution < 1.29 is 0 Å². The number of pyridine rings is 1. The highest BCUT2D eigenvalue weighted by molar-refractivity contribution is 6.25. The van der Waals surface area contributed by atoms with Gasteiger partial charge >= 0.3 is 0 Å². The summed E-state index contributed by atoms with van der Waals surface area (Å²) in [4.78, 5) is 5.00. The third-order valence-electron chi connectivity index (χ3n) is 12.5. The first-order valence-corrected chi connectivity index (χ1v) is 20.0. The van der Waals surface area contributed by atoms with Gasteiger partial charge in [0.2, 0.25) is 0 Å². The van der Waals surface area contributed by atoms with Crippen LogP contribution in [-0.4, -0.2) is 14.1 Å². The molecule has 58 heavy (non-hydrogen) atoms. The van der Waals surface area contributed by atoms with Gasteiger partial charge in [0.25, 0.3) is 0 Å². The van der Waals surface area contributed by atoms with Crippen LogP contribution in [0.25, 0.3) is 121 Å². The molecule has 0 atom stereocenters. The van der Waals surface area contributed by atoms with E-state index in [1.807, 2.05) is 0 Å². The zero-order valence-corrected chi connectivity index (χ0v) is 31.4. The maximum atomic E-state index is 5.00. The molecule has 0 aliphatic heterocycles. The molecule has 0 fully saturated rings. The molecule has 3 heterocycles. The molecule has 3 aromatic heterocycles. The van der Waals surface area contributed by atoms with Crippen molar-refractivity contribution in [3.05, 3.63) is 200 Å². The summed E-state index contributed by atoms with van der Waals surface area (Å²) in [6.45, 7) is 0. The van der Waals surface area contributed by atoms with Crippen LogP contribution in [0.15, 0.2) is 200 Å². The molecule has 0 N–H and O–H groups in total. The van der Waals surface area contributed by atoms with Crippen molar-refractivity contribution in [3.63, 3.8) is 0 Å². The Morgan fingerprint density at radius 3 is 1.79 bits per heavy atom. The highest BCUT2D eigenvalue weighted by atomic mass is 15.0. The van der Waals surface area contributed by atoms with E-state index in [2.05, 4.69) is 209 Å². The van der Waals surface area contributed by atoms with Crippen molar-refractivity contribution in [2.75, 3.05) is 0 Å². The van der Waals surface area contributed by atoms with Crippen molar-refractivity contribution in [1.82, 2.24) is 14.1 Å². The van der Waals surface area contributed by atoms with Gasteiger partial charge in [-0.3, -0.25) is 4.98 Å². The summed E-state index contributed by atoms with van der Waals surface area (Å²) in [5.74, 6) is 0. The highest BCUT2D eigenvalue weighted by Crippen LogP contribution is 2.51. The largest absolute Gasteiger partial charge is 0.309 e. The topological polar surface area (TPSA) is 22.8 Å². The second-order valence-electron chi connectivity index (χ2n) is 15.5. The normalized spacial score (nSPS) is 12.1. The third kappa shape index (κ3) is 4.30. The average Bonchev–Trinajstić information content (AvgIpc) is 3.93. The van der Waals surface area contributed by atoms with Crippen molar-refractivity contribution in [2.24, 2.45) is 0 Å². The van der Waals surface area contributed by atoms with E-state index in [1.54, 1.807) is 0 Å². The van der Waals surface area contributed by atoms with Crippen LogP contribution < -0.4 is 0 Å². The number of hydrogen-bond donors (Lipinski definition) is 0. The molecule has 268 valence electrons. The van der Waals surface area contributed by atoms with Crippen LogP contribution in [0.2, 0.25) is 0 Å². The lowest BCUT2D eigenvalue weighted by atomic mass is 9.94. The molecule has 1 aliphatic carbocycles. The standard InChI is InChI=1S/C55H33N3/c1-2-15-36(16-3-1)57-50-27-11-9-23-44(50)53-41-21-6-5-19-39(41)45(32-52(53)57)35-28-29-51-46(31-35)40-20-8-10-26-49(40)58(51)37-17-12-14-34(30-37)47-33-56-48-25-13-24-43-38-18-4-7-22-42(38)54(47)55(43)48/h1-33H. The van der Waals surface area contributed by atoms with Gasteiger partial charge in [-0.1, -0.05) is 133 Å². The molecule has 0 amide bonds. The fraction of sp³-hybridized carbons (Fsp3) is 0. The predicted molar refractivity (Wildman–Crippen MR) is 243 cm³/mol. The van der Waals surface area contributed by atoms with Gasteiger partial charge in [-0.15, -0.1) is 0 Å². The Labute approximate surface area is 334 Å². The summed E-state index contributed by atoms with van der Waals surface area (Å²) >= 11 is 0. The summed E-state index contributed by atoms with van der Waals surface area (Å²) in [5, 5.41) is 8.78. The Kier molecular flexibility index (Phi) is 6.44. The van der Waals surface area contributed by atoms with Gasteiger partial charge < -0.3 is 9.13 Å². The molecule has 12 aromatic rings. The first-order valence-electron chi connectivity index (χ1n) is 20.0. The zero-order chi connectivity index (χ0) is 37.9. The molecule has 0 radical (unpaired) electrons. The second-order valence-corrected chi connectivity index (χ2v) is 15.5. The minimum atomic E-state index is 1.04. The summed E-state index contributed by atoms with van der Waals surface area (Å²) in [6, 6.07) is 71.0. The molecule has 3 nitrogen and oxygen atoms in total. The van der Waals surface area contributed by atoms with Gasteiger partial charge in [0, 0.05) is 55.6 Å². The lowest BCUT2D eigenvalue weighted by Crippen LogP contribution is -1.95. The Balaban J connectivity index is 1.03. The van der Waals surface area contributed by atoms with Gasteiger partial charge in [-0.05, 0) is 105 Å². The van der Waals surface area contributed by atoms with Gasteiger partial charge in [0.05, 0.1) is 27.6 Å². The van der Waals surface area contributed by atoms with Crippen molar-refractivity contribution >= 4 is 65.3 Å². The maximum absolute atomic E-state index is 5.00. The fourth-order valence-corrected chi connectivity index (χ4v) is 10.1. The average molecular weight is 736 g/mol. The smallest absolute Gasteiger partial charge is 0.0714 e. The maximum Gasteiger partial charge on any atom is 0.0714 e. The molecule has 0 saturated carbocycles. The molecule has 0 saturated heterocycles. The van der Waals surface area contributed by atoms with E-state index >= 15 is 0 Å². The Bertz CT molecular complexity index is 3680. The van der Waals surface area contributed by atoms with Crippen LogP contribution in [0.1, 0.15) is 0 Å². The SMILES string of the molecule is c1ccc(-n2c3ccccc3c3c4ccccc4c(-c4ccc5c(c4)c4ccccc4n5-c4cccc(-c5cnc6cccc7c6c5-c5ccccc5-7)c4)cc32)cc1. The fourth-order valence-electron chi connectivity index (χ4n) is 10.1. The van der Waals surface area contributed by atoms with Crippen LogP contribution in [0.3, 0.4) is 0 Å². The Hall–Kier alpha value is -7.75. The number of fused-ring (bicyclic) bond motifs is 11. The number of nitrogens with zero attached hydrogens (tertiary/aromatic N) is 3. The first-order chi connectivity index (χ1) is 28.8. The lowest BCUT2D eigenvalue weighted by molar-refractivity contribution is 1.18. The lowest BCUT2D eigenvalue weighted by Gasteiger charge is -2.14. The molecule has 0 unspecified atom stereocenters.